The molecule has 88 valence electrons. The first-order chi connectivity index (χ1) is 7.54. The molecule has 0 saturated carbocycles. The summed E-state index contributed by atoms with van der Waals surface area (Å²) in [4.78, 5) is 11.7. The molecule has 0 bridgehead atoms. The zero-order valence-corrected chi connectivity index (χ0v) is 11.5. The normalized spacial score (nSPS) is 12.6. The average Bonchev–Trinajstić information content (AvgIpc) is 2.27. The van der Waals surface area contributed by atoms with Crippen LogP contribution in [0.5, 0.6) is 5.75 Å². The Balaban J connectivity index is 2.74. The van der Waals surface area contributed by atoms with Crippen molar-refractivity contribution in [2.75, 3.05) is 0 Å². The van der Waals surface area contributed by atoms with Gasteiger partial charge in [-0.3, -0.25) is 4.79 Å². The lowest BCUT2D eigenvalue weighted by Crippen LogP contribution is -2.13. The van der Waals surface area contributed by atoms with E-state index in [-0.39, 0.29) is 16.7 Å². The van der Waals surface area contributed by atoms with E-state index in [1.807, 2.05) is 45.0 Å². The molecule has 0 spiro atoms. The van der Waals surface area contributed by atoms with E-state index in [0.717, 1.165) is 17.7 Å². The number of rotatable bonds is 5. The van der Waals surface area contributed by atoms with Gasteiger partial charge in [-0.2, -0.15) is 0 Å². The van der Waals surface area contributed by atoms with Gasteiger partial charge in [0.25, 0.3) is 0 Å². The van der Waals surface area contributed by atoms with Gasteiger partial charge in [-0.05, 0) is 44.5 Å². The number of hydrogen-bond donors (Lipinski definition) is 0. The van der Waals surface area contributed by atoms with Gasteiger partial charge in [-0.15, -0.1) is 0 Å². The van der Waals surface area contributed by atoms with Crippen LogP contribution in [0.2, 0.25) is 0 Å². The van der Waals surface area contributed by atoms with Crippen LogP contribution in [0, 0.1) is 0 Å². The third-order valence-corrected chi connectivity index (χ3v) is 3.22. The van der Waals surface area contributed by atoms with Crippen molar-refractivity contribution >= 4 is 21.7 Å². The summed E-state index contributed by atoms with van der Waals surface area (Å²) in [5.41, 5.74) is 0.722. The van der Waals surface area contributed by atoms with Gasteiger partial charge in [0.15, 0.2) is 5.78 Å². The van der Waals surface area contributed by atoms with Crippen molar-refractivity contribution in [2.24, 2.45) is 0 Å². The highest BCUT2D eigenvalue weighted by Gasteiger charge is 2.14. The molecule has 0 aliphatic heterocycles. The number of benzene rings is 1. The summed E-state index contributed by atoms with van der Waals surface area (Å²) in [6.07, 6.45) is 0.949. The fourth-order valence-electron chi connectivity index (χ4n) is 1.34. The van der Waals surface area contributed by atoms with Crippen LogP contribution >= 0.6 is 15.9 Å². The molecule has 0 fully saturated rings. The lowest BCUT2D eigenvalue weighted by atomic mass is 10.1. The van der Waals surface area contributed by atoms with E-state index >= 15 is 0 Å². The highest BCUT2D eigenvalue weighted by atomic mass is 79.9. The zero-order valence-electron chi connectivity index (χ0n) is 9.87. The number of hydrogen-bond acceptors (Lipinski definition) is 2. The lowest BCUT2D eigenvalue weighted by Gasteiger charge is -2.10. The first kappa shape index (κ1) is 13.2. The van der Waals surface area contributed by atoms with Gasteiger partial charge < -0.3 is 4.74 Å². The predicted octanol–water partition coefficient (Wildman–Crippen LogP) is 3.83. The Morgan fingerprint density at radius 1 is 1.31 bits per heavy atom. The summed E-state index contributed by atoms with van der Waals surface area (Å²) in [6.45, 7) is 5.93. The van der Waals surface area contributed by atoms with Crippen molar-refractivity contribution in [3.05, 3.63) is 29.8 Å². The van der Waals surface area contributed by atoms with Crippen LogP contribution < -0.4 is 4.74 Å². The molecule has 0 saturated heterocycles. The van der Waals surface area contributed by atoms with E-state index in [4.69, 9.17) is 4.74 Å². The number of halogens is 1. The topological polar surface area (TPSA) is 26.3 Å². The standard InChI is InChI=1S/C13H17BrO2/c1-4-12(14)13(15)10-5-7-11(8-6-10)16-9(2)3/h5-9,12H,4H2,1-3H3. The Bertz CT molecular complexity index is 343. The van der Waals surface area contributed by atoms with Crippen molar-refractivity contribution in [3.8, 4) is 5.75 Å². The molecule has 0 aromatic heterocycles. The number of ketones is 1. The first-order valence-electron chi connectivity index (χ1n) is 5.49. The minimum atomic E-state index is -0.0932. The van der Waals surface area contributed by atoms with E-state index in [1.165, 1.54) is 0 Å². The Morgan fingerprint density at radius 3 is 2.31 bits per heavy atom. The molecular formula is C13H17BrO2. The summed E-state index contributed by atoms with van der Waals surface area (Å²) in [5.74, 6) is 0.924. The van der Waals surface area contributed by atoms with Crippen molar-refractivity contribution in [3.63, 3.8) is 0 Å². The fraction of sp³-hybridized carbons (Fsp3) is 0.462. The molecule has 1 unspecified atom stereocenters. The van der Waals surface area contributed by atoms with Gasteiger partial charge in [0.05, 0.1) is 10.9 Å². The zero-order chi connectivity index (χ0) is 12.1. The third-order valence-electron chi connectivity index (χ3n) is 2.15. The molecule has 1 atom stereocenters. The highest BCUT2D eigenvalue weighted by molar-refractivity contribution is 9.10. The maximum absolute atomic E-state index is 11.8. The second-order valence-corrected chi connectivity index (χ2v) is 5.04. The Kier molecular flexibility index (Phi) is 5.00. The molecule has 16 heavy (non-hydrogen) atoms. The number of ether oxygens (including phenoxy) is 1. The van der Waals surface area contributed by atoms with Gasteiger partial charge in [0.1, 0.15) is 5.75 Å². The van der Waals surface area contributed by atoms with E-state index in [0.29, 0.717) is 0 Å². The molecule has 1 rings (SSSR count). The maximum atomic E-state index is 11.8. The van der Waals surface area contributed by atoms with Gasteiger partial charge >= 0.3 is 0 Å². The summed E-state index contributed by atoms with van der Waals surface area (Å²) in [6, 6.07) is 7.29. The van der Waals surface area contributed by atoms with Gasteiger partial charge in [-0.25, -0.2) is 0 Å². The summed E-state index contributed by atoms with van der Waals surface area (Å²) in [5, 5.41) is 0. The first-order valence-corrected chi connectivity index (χ1v) is 6.41. The molecule has 3 heteroatoms. The molecule has 0 amide bonds. The number of carbonyl (C=O) groups excluding carboxylic acids is 1. The molecule has 1 aromatic carbocycles. The Morgan fingerprint density at radius 2 is 1.88 bits per heavy atom. The van der Waals surface area contributed by atoms with Crippen LogP contribution in [-0.4, -0.2) is 16.7 Å². The minimum absolute atomic E-state index is 0.0932. The largest absolute Gasteiger partial charge is 0.491 e. The molecule has 0 radical (unpaired) electrons. The van der Waals surface area contributed by atoms with Gasteiger partial charge in [0.2, 0.25) is 0 Å². The molecule has 1 aromatic rings. The number of alkyl halides is 1. The van der Waals surface area contributed by atoms with Gasteiger partial charge in [-0.1, -0.05) is 22.9 Å². The van der Waals surface area contributed by atoms with Crippen LogP contribution in [0.15, 0.2) is 24.3 Å². The lowest BCUT2D eigenvalue weighted by molar-refractivity contribution is 0.0990. The quantitative estimate of drug-likeness (QED) is 0.607. The van der Waals surface area contributed by atoms with E-state index < -0.39 is 0 Å². The second-order valence-electron chi connectivity index (χ2n) is 3.93. The smallest absolute Gasteiger partial charge is 0.176 e. The summed E-state index contributed by atoms with van der Waals surface area (Å²) in [7, 11) is 0. The molecular weight excluding hydrogens is 268 g/mol. The van der Waals surface area contributed by atoms with E-state index in [2.05, 4.69) is 15.9 Å². The number of carbonyl (C=O) groups is 1. The molecule has 2 nitrogen and oxygen atoms in total. The van der Waals surface area contributed by atoms with Gasteiger partial charge in [0, 0.05) is 5.56 Å². The Labute approximate surface area is 105 Å². The molecule has 0 aliphatic carbocycles. The highest BCUT2D eigenvalue weighted by Crippen LogP contribution is 2.18. The average molecular weight is 285 g/mol. The second kappa shape index (κ2) is 6.04. The SMILES string of the molecule is CCC(Br)C(=O)c1ccc(OC(C)C)cc1. The van der Waals surface area contributed by atoms with Crippen LogP contribution in [-0.2, 0) is 0 Å². The number of Topliss-reactive ketones (excluding diaryl/α,β-unsaturated/α-hetero) is 1. The van der Waals surface area contributed by atoms with Crippen LogP contribution in [0.25, 0.3) is 0 Å². The van der Waals surface area contributed by atoms with Crippen molar-refractivity contribution in [1.29, 1.82) is 0 Å². The van der Waals surface area contributed by atoms with E-state index in [1.54, 1.807) is 0 Å². The minimum Gasteiger partial charge on any atom is -0.491 e. The summed E-state index contributed by atoms with van der Waals surface area (Å²) >= 11 is 3.36. The Hall–Kier alpha value is -0.830. The van der Waals surface area contributed by atoms with E-state index in [9.17, 15) is 4.79 Å². The molecule has 0 aliphatic rings. The van der Waals surface area contributed by atoms with Crippen molar-refractivity contribution in [1.82, 2.24) is 0 Å². The summed E-state index contributed by atoms with van der Waals surface area (Å²) < 4.78 is 5.51. The monoisotopic (exact) mass is 284 g/mol. The van der Waals surface area contributed by atoms with Crippen LogP contribution in [0.4, 0.5) is 0 Å². The van der Waals surface area contributed by atoms with Crippen molar-refractivity contribution < 1.29 is 9.53 Å². The van der Waals surface area contributed by atoms with Crippen LogP contribution in [0.1, 0.15) is 37.6 Å². The van der Waals surface area contributed by atoms with Crippen molar-refractivity contribution in [2.45, 2.75) is 38.1 Å². The third kappa shape index (κ3) is 3.63. The molecule has 0 heterocycles. The fourth-order valence-corrected chi connectivity index (χ4v) is 1.60. The maximum Gasteiger partial charge on any atom is 0.176 e. The van der Waals surface area contributed by atoms with Crippen LogP contribution in [0.3, 0.4) is 0 Å². The predicted molar refractivity (Wildman–Crippen MR) is 69.5 cm³/mol. The molecule has 0 N–H and O–H groups in total.